The number of aliphatic imine (C=N–C) groups is 1. The van der Waals surface area contributed by atoms with Crippen molar-refractivity contribution in [3.05, 3.63) is 72.9 Å². The first kappa shape index (κ1) is 22.1. The van der Waals surface area contributed by atoms with Gasteiger partial charge in [-0.15, -0.1) is 0 Å². The normalized spacial score (nSPS) is 15.0. The van der Waals surface area contributed by atoms with E-state index < -0.39 is 6.23 Å². The number of rotatable bonds is 7. The third kappa shape index (κ3) is 5.59. The summed E-state index contributed by atoms with van der Waals surface area (Å²) in [5.74, 6) is 0.601. The van der Waals surface area contributed by atoms with E-state index in [1.54, 1.807) is 35.4 Å². The third-order valence-electron chi connectivity index (χ3n) is 4.75. The number of anilines is 5. The van der Waals surface area contributed by atoms with Gasteiger partial charge in [0.2, 0.25) is 11.9 Å². The summed E-state index contributed by atoms with van der Waals surface area (Å²) >= 11 is 0. The van der Waals surface area contributed by atoms with Crippen LogP contribution in [0, 0.1) is 0 Å². The van der Waals surface area contributed by atoms with E-state index >= 15 is 0 Å². The lowest BCUT2D eigenvalue weighted by Crippen LogP contribution is -2.35. The number of aromatic nitrogens is 2. The predicted molar refractivity (Wildman–Crippen MR) is 131 cm³/mol. The SMILES string of the molecule is CN(C)C/C=C/C(=O)Nc1cccc(N2c3nc(Nc4ccccc4)ncc3N=CC2O)c1. The van der Waals surface area contributed by atoms with Crippen LogP contribution in [0.15, 0.2) is 77.9 Å². The fraction of sp³-hybridized carbons (Fsp3) is 0.167. The van der Waals surface area contributed by atoms with Crippen molar-refractivity contribution in [1.82, 2.24) is 14.9 Å². The molecule has 1 atom stereocenters. The quantitative estimate of drug-likeness (QED) is 0.480. The number of fused-ring (bicyclic) bond motifs is 1. The van der Waals surface area contributed by atoms with E-state index in [1.807, 2.05) is 55.4 Å². The Labute approximate surface area is 192 Å². The maximum atomic E-state index is 12.2. The predicted octanol–water partition coefficient (Wildman–Crippen LogP) is 3.45. The summed E-state index contributed by atoms with van der Waals surface area (Å²) < 4.78 is 0. The molecule has 168 valence electrons. The van der Waals surface area contributed by atoms with E-state index in [0.717, 1.165) is 5.69 Å². The fourth-order valence-electron chi connectivity index (χ4n) is 3.25. The summed E-state index contributed by atoms with van der Waals surface area (Å²) in [6, 6.07) is 16.8. The molecule has 2 heterocycles. The van der Waals surface area contributed by atoms with Crippen LogP contribution in [0.3, 0.4) is 0 Å². The molecule has 2 aromatic carbocycles. The Kier molecular flexibility index (Phi) is 6.72. The van der Waals surface area contributed by atoms with Crippen LogP contribution in [-0.4, -0.2) is 59.0 Å². The minimum absolute atomic E-state index is 0.230. The summed E-state index contributed by atoms with van der Waals surface area (Å²) in [7, 11) is 3.86. The highest BCUT2D eigenvalue weighted by atomic mass is 16.3. The molecule has 9 nitrogen and oxygen atoms in total. The first-order valence-corrected chi connectivity index (χ1v) is 10.4. The number of hydrogen-bond acceptors (Lipinski definition) is 8. The first-order valence-electron chi connectivity index (χ1n) is 10.4. The van der Waals surface area contributed by atoms with Crippen molar-refractivity contribution in [3.8, 4) is 0 Å². The number of aliphatic hydroxyl groups excluding tert-OH is 1. The minimum Gasteiger partial charge on any atom is -0.368 e. The highest BCUT2D eigenvalue weighted by Gasteiger charge is 2.26. The summed E-state index contributed by atoms with van der Waals surface area (Å²) in [5.41, 5.74) is 2.62. The van der Waals surface area contributed by atoms with Gasteiger partial charge in [-0.3, -0.25) is 14.7 Å². The smallest absolute Gasteiger partial charge is 0.248 e. The van der Waals surface area contributed by atoms with E-state index in [-0.39, 0.29) is 5.91 Å². The van der Waals surface area contributed by atoms with Crippen molar-refractivity contribution in [1.29, 1.82) is 0 Å². The molecule has 1 aliphatic heterocycles. The number of amides is 1. The number of carbonyl (C=O) groups excluding carboxylic acids is 1. The number of para-hydroxylation sites is 1. The molecule has 0 saturated heterocycles. The second-order valence-corrected chi connectivity index (χ2v) is 7.66. The molecule has 3 N–H and O–H groups in total. The van der Waals surface area contributed by atoms with Crippen molar-refractivity contribution in [2.75, 3.05) is 36.2 Å². The Bertz CT molecular complexity index is 1180. The lowest BCUT2D eigenvalue weighted by atomic mass is 10.2. The lowest BCUT2D eigenvalue weighted by molar-refractivity contribution is -0.111. The van der Waals surface area contributed by atoms with Crippen molar-refractivity contribution >= 4 is 46.6 Å². The molecule has 3 aromatic rings. The van der Waals surface area contributed by atoms with Gasteiger partial charge in [-0.1, -0.05) is 30.3 Å². The van der Waals surface area contributed by atoms with Crippen LogP contribution in [0.2, 0.25) is 0 Å². The summed E-state index contributed by atoms with van der Waals surface area (Å²) in [5, 5.41) is 16.7. The average molecular weight is 444 g/mol. The number of carbonyl (C=O) groups is 1. The number of hydrogen-bond donors (Lipinski definition) is 3. The average Bonchev–Trinajstić information content (AvgIpc) is 2.79. The lowest BCUT2D eigenvalue weighted by Gasteiger charge is -2.30. The summed E-state index contributed by atoms with van der Waals surface area (Å²) in [6.07, 6.45) is 5.29. The Morgan fingerprint density at radius 2 is 1.94 bits per heavy atom. The molecular weight excluding hydrogens is 418 g/mol. The van der Waals surface area contributed by atoms with E-state index in [2.05, 4.69) is 25.6 Å². The van der Waals surface area contributed by atoms with Crippen LogP contribution >= 0.6 is 0 Å². The number of benzene rings is 2. The molecule has 1 unspecified atom stereocenters. The van der Waals surface area contributed by atoms with Crippen LogP contribution in [0.1, 0.15) is 0 Å². The van der Waals surface area contributed by atoms with Gasteiger partial charge in [0.25, 0.3) is 0 Å². The minimum atomic E-state index is -1.03. The molecule has 0 fully saturated rings. The Morgan fingerprint density at radius 1 is 1.15 bits per heavy atom. The van der Waals surface area contributed by atoms with Gasteiger partial charge >= 0.3 is 0 Å². The van der Waals surface area contributed by atoms with Crippen LogP contribution in [0.4, 0.5) is 34.5 Å². The molecule has 9 heteroatoms. The topological polar surface area (TPSA) is 106 Å². The highest BCUT2D eigenvalue weighted by molar-refractivity contribution is 5.99. The maximum absolute atomic E-state index is 12.2. The Hall–Kier alpha value is -4.08. The maximum Gasteiger partial charge on any atom is 0.248 e. The van der Waals surface area contributed by atoms with Crippen molar-refractivity contribution in [3.63, 3.8) is 0 Å². The number of nitrogens with one attached hydrogen (secondary N) is 2. The third-order valence-corrected chi connectivity index (χ3v) is 4.75. The van der Waals surface area contributed by atoms with Crippen LogP contribution in [0.25, 0.3) is 0 Å². The molecule has 33 heavy (non-hydrogen) atoms. The van der Waals surface area contributed by atoms with Gasteiger partial charge < -0.3 is 20.6 Å². The summed E-state index contributed by atoms with van der Waals surface area (Å²) in [4.78, 5) is 29.0. The molecule has 0 spiro atoms. The molecule has 0 saturated carbocycles. The van der Waals surface area contributed by atoms with Crippen molar-refractivity contribution in [2.45, 2.75) is 6.23 Å². The van der Waals surface area contributed by atoms with E-state index in [9.17, 15) is 9.90 Å². The van der Waals surface area contributed by atoms with Crippen molar-refractivity contribution in [2.24, 2.45) is 4.99 Å². The number of likely N-dealkylation sites (N-methyl/N-ethyl adjacent to an activating group) is 1. The zero-order chi connectivity index (χ0) is 23.2. The van der Waals surface area contributed by atoms with Gasteiger partial charge in [0.1, 0.15) is 5.69 Å². The largest absolute Gasteiger partial charge is 0.368 e. The zero-order valence-corrected chi connectivity index (χ0v) is 18.4. The van der Waals surface area contributed by atoms with Gasteiger partial charge in [-0.2, -0.15) is 4.98 Å². The van der Waals surface area contributed by atoms with Crippen molar-refractivity contribution < 1.29 is 9.90 Å². The number of aliphatic hydroxyl groups is 1. The van der Waals surface area contributed by atoms with Gasteiger partial charge in [0.05, 0.1) is 12.4 Å². The Morgan fingerprint density at radius 3 is 2.73 bits per heavy atom. The molecule has 1 aliphatic rings. The standard InChI is InChI=1S/C24H25N7O2/c1-30(2)13-7-12-21(32)27-18-10-6-11-19(14-18)31-22(33)16-25-20-15-26-24(29-23(20)31)28-17-8-4-3-5-9-17/h3-12,14-16,22,33H,13H2,1-2H3,(H,27,32)(H,26,28,29)/b12-7+. The molecule has 0 radical (unpaired) electrons. The van der Waals surface area contributed by atoms with Gasteiger partial charge in [-0.25, -0.2) is 4.98 Å². The molecule has 1 amide bonds. The molecule has 0 aliphatic carbocycles. The van der Waals surface area contributed by atoms with E-state index in [4.69, 9.17) is 0 Å². The van der Waals surface area contributed by atoms with E-state index in [1.165, 1.54) is 12.3 Å². The molecular formula is C24H25N7O2. The molecule has 1 aromatic heterocycles. The van der Waals surface area contributed by atoms with Crippen LogP contribution in [0.5, 0.6) is 0 Å². The van der Waals surface area contributed by atoms with Gasteiger partial charge in [0, 0.05) is 29.7 Å². The van der Waals surface area contributed by atoms with Crippen LogP contribution in [-0.2, 0) is 4.79 Å². The second-order valence-electron chi connectivity index (χ2n) is 7.66. The Balaban J connectivity index is 1.58. The monoisotopic (exact) mass is 443 g/mol. The fourth-order valence-corrected chi connectivity index (χ4v) is 3.25. The van der Waals surface area contributed by atoms with Crippen LogP contribution < -0.4 is 15.5 Å². The zero-order valence-electron chi connectivity index (χ0n) is 18.4. The van der Waals surface area contributed by atoms with Gasteiger partial charge in [-0.05, 0) is 44.4 Å². The second kappa shape index (κ2) is 10.0. The van der Waals surface area contributed by atoms with Gasteiger partial charge in [0.15, 0.2) is 12.0 Å². The highest BCUT2D eigenvalue weighted by Crippen LogP contribution is 2.37. The molecule has 4 rings (SSSR count). The number of nitrogens with zero attached hydrogens (tertiary/aromatic N) is 5. The first-order chi connectivity index (χ1) is 16.0. The van der Waals surface area contributed by atoms with E-state index in [0.29, 0.717) is 35.4 Å². The molecule has 0 bridgehead atoms. The summed E-state index contributed by atoms with van der Waals surface area (Å²) in [6.45, 7) is 0.669.